The number of fused-ring (bicyclic) bond motifs is 12. The van der Waals surface area contributed by atoms with Crippen LogP contribution in [0.2, 0.25) is 0 Å². The summed E-state index contributed by atoms with van der Waals surface area (Å²) in [6, 6.07) is 29.5. The molecule has 0 bridgehead atoms. The zero-order chi connectivity index (χ0) is 22.7. The van der Waals surface area contributed by atoms with E-state index in [0.717, 1.165) is 25.7 Å². The second-order valence-corrected chi connectivity index (χ2v) is 10.3. The third kappa shape index (κ3) is 2.23. The lowest BCUT2D eigenvalue weighted by Gasteiger charge is -2.39. The Labute approximate surface area is 204 Å². The molecule has 0 radical (unpaired) electrons. The smallest absolute Gasteiger partial charge is 0.0688 e. The summed E-state index contributed by atoms with van der Waals surface area (Å²) in [5.74, 6) is 0. The van der Waals surface area contributed by atoms with E-state index < -0.39 is 0 Å². The van der Waals surface area contributed by atoms with Gasteiger partial charge in [0.05, 0.1) is 17.1 Å². The minimum atomic E-state index is 0.910. The summed E-state index contributed by atoms with van der Waals surface area (Å²) in [6.07, 6.45) is 5.91. The van der Waals surface area contributed by atoms with Crippen LogP contribution in [0.25, 0.3) is 22.3 Å². The molecule has 0 atom stereocenters. The van der Waals surface area contributed by atoms with Crippen molar-refractivity contribution in [2.45, 2.75) is 25.7 Å². The maximum absolute atomic E-state index is 4.86. The Hall–Kier alpha value is -4.17. The van der Waals surface area contributed by atoms with Crippen molar-refractivity contribution in [1.29, 1.82) is 0 Å². The molecule has 3 heterocycles. The number of rotatable bonds is 0. The molecule has 2 aliphatic carbocycles. The van der Waals surface area contributed by atoms with E-state index in [0.29, 0.717) is 0 Å². The van der Waals surface area contributed by atoms with Gasteiger partial charge >= 0.3 is 0 Å². The van der Waals surface area contributed by atoms with Crippen molar-refractivity contribution in [2.24, 2.45) is 0 Å². The van der Waals surface area contributed by atoms with E-state index in [4.69, 9.17) is 4.98 Å². The minimum Gasteiger partial charge on any atom is -0.308 e. The average Bonchev–Trinajstić information content (AvgIpc) is 3.46. The summed E-state index contributed by atoms with van der Waals surface area (Å²) < 4.78 is 0. The normalized spacial score (nSPS) is 14.9. The third-order valence-corrected chi connectivity index (χ3v) is 8.60. The third-order valence-electron chi connectivity index (χ3n) is 8.60. The fourth-order valence-corrected chi connectivity index (χ4v) is 7.18. The first-order valence-electron chi connectivity index (χ1n) is 12.6. The summed E-state index contributed by atoms with van der Waals surface area (Å²) in [7, 11) is 0. The van der Waals surface area contributed by atoms with Gasteiger partial charge in [0.2, 0.25) is 0 Å². The van der Waals surface area contributed by atoms with Crippen molar-refractivity contribution in [2.75, 3.05) is 4.90 Å². The van der Waals surface area contributed by atoms with E-state index in [9.17, 15) is 0 Å². The Kier molecular flexibility index (Phi) is 3.27. The van der Waals surface area contributed by atoms with Crippen LogP contribution in [-0.4, -0.2) is 4.98 Å². The number of benzene rings is 4. The van der Waals surface area contributed by atoms with Crippen molar-refractivity contribution < 1.29 is 0 Å². The number of pyridine rings is 1. The van der Waals surface area contributed by atoms with Crippen molar-refractivity contribution in [3.05, 3.63) is 130 Å². The molecule has 0 unspecified atom stereocenters. The Bertz CT molecular complexity index is 1750. The lowest BCUT2D eigenvalue weighted by Crippen LogP contribution is -2.26. The molecular formula is C33H22N2. The monoisotopic (exact) mass is 446 g/mol. The van der Waals surface area contributed by atoms with Gasteiger partial charge in [-0.05, 0) is 98.3 Å². The molecule has 9 rings (SSSR count). The van der Waals surface area contributed by atoms with Crippen LogP contribution in [0.1, 0.15) is 44.6 Å². The van der Waals surface area contributed by atoms with Crippen molar-refractivity contribution in [3.8, 4) is 22.3 Å². The Morgan fingerprint density at radius 2 is 1.37 bits per heavy atom. The zero-order valence-corrected chi connectivity index (χ0v) is 19.3. The number of hydrogen-bond donors (Lipinski definition) is 0. The van der Waals surface area contributed by atoms with Crippen LogP contribution in [0.5, 0.6) is 0 Å². The molecule has 0 saturated heterocycles. The lowest BCUT2D eigenvalue weighted by atomic mass is 9.83. The topological polar surface area (TPSA) is 16.1 Å². The van der Waals surface area contributed by atoms with Gasteiger partial charge < -0.3 is 4.90 Å². The molecular weight excluding hydrogens is 424 g/mol. The molecule has 35 heavy (non-hydrogen) atoms. The first kappa shape index (κ1) is 18.2. The molecule has 4 aromatic carbocycles. The highest BCUT2D eigenvalue weighted by molar-refractivity contribution is 5.96. The quantitative estimate of drug-likeness (QED) is 0.240. The predicted octanol–water partition coefficient (Wildman–Crippen LogP) is 7.50. The summed E-state index contributed by atoms with van der Waals surface area (Å²) in [5, 5.41) is 0. The van der Waals surface area contributed by atoms with E-state index in [1.807, 2.05) is 6.20 Å². The van der Waals surface area contributed by atoms with Crippen LogP contribution in [0.4, 0.5) is 17.1 Å². The van der Waals surface area contributed by atoms with E-state index in [1.54, 1.807) is 0 Å². The molecule has 2 aliphatic heterocycles. The predicted molar refractivity (Wildman–Crippen MR) is 141 cm³/mol. The fourth-order valence-electron chi connectivity index (χ4n) is 7.18. The highest BCUT2D eigenvalue weighted by Crippen LogP contribution is 2.56. The van der Waals surface area contributed by atoms with E-state index >= 15 is 0 Å². The van der Waals surface area contributed by atoms with E-state index in [1.165, 1.54) is 84.0 Å². The molecule has 0 fully saturated rings. The molecule has 2 nitrogen and oxygen atoms in total. The molecule has 0 spiro atoms. The van der Waals surface area contributed by atoms with Crippen LogP contribution in [-0.2, 0) is 25.7 Å². The van der Waals surface area contributed by atoms with Crippen molar-refractivity contribution in [3.63, 3.8) is 0 Å². The summed E-state index contributed by atoms with van der Waals surface area (Å²) >= 11 is 0. The van der Waals surface area contributed by atoms with Gasteiger partial charge in [0.1, 0.15) is 0 Å². The molecule has 1 aromatic heterocycles. The average molecular weight is 447 g/mol. The van der Waals surface area contributed by atoms with Gasteiger partial charge in [0.25, 0.3) is 0 Å². The van der Waals surface area contributed by atoms with Gasteiger partial charge in [0, 0.05) is 24.7 Å². The molecule has 4 aliphatic rings. The molecule has 0 amide bonds. The van der Waals surface area contributed by atoms with Crippen LogP contribution in [0, 0.1) is 0 Å². The van der Waals surface area contributed by atoms with Crippen LogP contribution in [0.15, 0.2) is 85.1 Å². The number of hydrogen-bond acceptors (Lipinski definition) is 2. The van der Waals surface area contributed by atoms with E-state index in [2.05, 4.69) is 83.8 Å². The summed E-state index contributed by atoms with van der Waals surface area (Å²) in [6.45, 7) is 0. The first-order valence-corrected chi connectivity index (χ1v) is 12.6. The number of aromatic nitrogens is 1. The van der Waals surface area contributed by atoms with Crippen LogP contribution in [0.3, 0.4) is 0 Å². The van der Waals surface area contributed by atoms with Gasteiger partial charge in [-0.25, -0.2) is 0 Å². The van der Waals surface area contributed by atoms with Crippen molar-refractivity contribution in [1.82, 2.24) is 4.98 Å². The zero-order valence-electron chi connectivity index (χ0n) is 19.3. The van der Waals surface area contributed by atoms with Crippen LogP contribution >= 0.6 is 0 Å². The second-order valence-electron chi connectivity index (χ2n) is 10.3. The fraction of sp³-hybridized carbons (Fsp3) is 0.121. The highest BCUT2D eigenvalue weighted by atomic mass is 15.2. The van der Waals surface area contributed by atoms with E-state index in [-0.39, 0.29) is 0 Å². The van der Waals surface area contributed by atoms with Gasteiger partial charge in [-0.15, -0.1) is 0 Å². The van der Waals surface area contributed by atoms with Crippen LogP contribution < -0.4 is 4.90 Å². The first-order chi connectivity index (χ1) is 17.3. The number of para-hydroxylation sites is 1. The van der Waals surface area contributed by atoms with Gasteiger partial charge in [0.15, 0.2) is 0 Å². The molecule has 164 valence electrons. The van der Waals surface area contributed by atoms with Gasteiger partial charge in [-0.2, -0.15) is 0 Å². The molecule has 0 saturated carbocycles. The SMILES string of the molecule is c1ccc2c(c1)Cc1ccc3c(c1-2)Cc1c-3cc2c3c1Cc1ncccc1N3c1ccccc1C2. The lowest BCUT2D eigenvalue weighted by molar-refractivity contribution is 0.956. The number of nitrogens with zero attached hydrogens (tertiary/aromatic N) is 2. The Morgan fingerprint density at radius 1 is 0.543 bits per heavy atom. The maximum Gasteiger partial charge on any atom is 0.0688 e. The molecule has 0 N–H and O–H groups in total. The molecule has 5 aromatic rings. The minimum absolute atomic E-state index is 0.910. The Morgan fingerprint density at radius 3 is 2.34 bits per heavy atom. The largest absolute Gasteiger partial charge is 0.308 e. The Balaban J connectivity index is 1.32. The molecule has 2 heteroatoms. The number of anilines is 3. The maximum atomic E-state index is 4.86. The van der Waals surface area contributed by atoms with Gasteiger partial charge in [-0.3, -0.25) is 4.98 Å². The second kappa shape index (κ2) is 6.28. The van der Waals surface area contributed by atoms with Crippen molar-refractivity contribution >= 4 is 17.1 Å². The summed E-state index contributed by atoms with van der Waals surface area (Å²) in [4.78, 5) is 7.36. The highest BCUT2D eigenvalue weighted by Gasteiger charge is 2.37. The summed E-state index contributed by atoms with van der Waals surface area (Å²) in [5.41, 5.74) is 21.2. The van der Waals surface area contributed by atoms with Gasteiger partial charge in [-0.1, -0.05) is 54.6 Å². The standard InChI is InChI=1S/C33H22N2/c1-3-8-23-19(6-1)14-21-11-12-24-25-16-22-15-20-7-2-4-9-30(20)35-31-10-5-13-34-29(31)18-28(33(22)35)26(25)17-27(24)32(21)23/h1-13,16H,14-15,17-18H2.